The van der Waals surface area contributed by atoms with Crippen LogP contribution in [0.1, 0.15) is 11.3 Å². The smallest absolute Gasteiger partial charge is 0.193 e. The van der Waals surface area contributed by atoms with E-state index in [2.05, 4.69) is 11.4 Å². The Bertz CT molecular complexity index is 572. The van der Waals surface area contributed by atoms with E-state index < -0.39 is 0 Å². The van der Waals surface area contributed by atoms with E-state index in [1.54, 1.807) is 30.3 Å². The van der Waals surface area contributed by atoms with Gasteiger partial charge in [-0.3, -0.25) is 0 Å². The van der Waals surface area contributed by atoms with Crippen LogP contribution < -0.4 is 5.32 Å². The number of anilines is 1. The molecule has 0 aliphatic heterocycles. The number of benzene rings is 1. The lowest BCUT2D eigenvalue weighted by Crippen LogP contribution is -2.00. The number of hydrogen-bond acceptors (Lipinski definition) is 3. The molecule has 1 aromatic heterocycles. The molecule has 86 valence electrons. The summed E-state index contributed by atoms with van der Waals surface area (Å²) in [5.41, 5.74) is 1.21. The molecule has 0 fully saturated rings. The first-order valence-corrected chi connectivity index (χ1v) is 5.62. The monoisotopic (exact) mass is 266 g/mol. The summed E-state index contributed by atoms with van der Waals surface area (Å²) in [6.07, 6.45) is 0. The van der Waals surface area contributed by atoms with Crippen LogP contribution in [0, 0.1) is 11.3 Å². The molecule has 0 unspecified atom stereocenters. The van der Waals surface area contributed by atoms with E-state index in [-0.39, 0.29) is 0 Å². The van der Waals surface area contributed by atoms with Gasteiger partial charge < -0.3 is 9.73 Å². The van der Waals surface area contributed by atoms with E-state index >= 15 is 0 Å². The molecule has 0 aliphatic carbocycles. The lowest BCUT2D eigenvalue weighted by atomic mass is 10.2. The minimum Gasteiger partial charge on any atom is -0.448 e. The second-order valence-electron chi connectivity index (χ2n) is 3.36. The van der Waals surface area contributed by atoms with Crippen molar-refractivity contribution in [2.45, 2.75) is 6.54 Å². The third-order valence-electron chi connectivity index (χ3n) is 2.18. The van der Waals surface area contributed by atoms with Gasteiger partial charge in [-0.2, -0.15) is 5.26 Å². The van der Waals surface area contributed by atoms with Crippen molar-refractivity contribution in [2.75, 3.05) is 5.32 Å². The maximum atomic E-state index is 8.93. The second-order valence-corrected chi connectivity index (χ2v) is 4.17. The number of hydrogen-bond donors (Lipinski definition) is 1. The fourth-order valence-electron chi connectivity index (χ4n) is 1.39. The third kappa shape index (κ3) is 2.94. The molecule has 0 aliphatic rings. The van der Waals surface area contributed by atoms with Crippen molar-refractivity contribution in [1.29, 1.82) is 5.26 Å². The lowest BCUT2D eigenvalue weighted by Gasteiger charge is -2.06. The highest BCUT2D eigenvalue weighted by atomic mass is 35.5. The Morgan fingerprint density at radius 2 is 2.06 bits per heavy atom. The van der Waals surface area contributed by atoms with E-state index in [0.29, 0.717) is 33.8 Å². The van der Waals surface area contributed by atoms with Crippen molar-refractivity contribution in [3.05, 3.63) is 51.9 Å². The normalized spacial score (nSPS) is 9.94. The van der Waals surface area contributed by atoms with Crippen LogP contribution in [0.5, 0.6) is 0 Å². The van der Waals surface area contributed by atoms with Gasteiger partial charge in [0.25, 0.3) is 0 Å². The molecule has 0 bridgehead atoms. The number of halogens is 2. The third-order valence-corrected chi connectivity index (χ3v) is 2.62. The van der Waals surface area contributed by atoms with E-state index in [1.807, 2.05) is 0 Å². The van der Waals surface area contributed by atoms with Gasteiger partial charge in [0.05, 0.1) is 17.8 Å². The average Bonchev–Trinajstić information content (AvgIpc) is 2.73. The van der Waals surface area contributed by atoms with E-state index in [9.17, 15) is 0 Å². The van der Waals surface area contributed by atoms with Gasteiger partial charge in [-0.25, -0.2) is 0 Å². The zero-order valence-electron chi connectivity index (χ0n) is 8.71. The molecule has 2 rings (SSSR count). The van der Waals surface area contributed by atoms with Gasteiger partial charge in [-0.05, 0) is 41.9 Å². The first kappa shape index (κ1) is 11.8. The van der Waals surface area contributed by atoms with Gasteiger partial charge in [0.2, 0.25) is 0 Å². The highest BCUT2D eigenvalue weighted by Gasteiger charge is 2.04. The predicted octanol–water partition coefficient (Wildman–Crippen LogP) is 4.07. The quantitative estimate of drug-likeness (QED) is 0.911. The van der Waals surface area contributed by atoms with Gasteiger partial charge >= 0.3 is 0 Å². The summed E-state index contributed by atoms with van der Waals surface area (Å²) in [6.45, 7) is 0.446. The summed E-state index contributed by atoms with van der Waals surface area (Å²) in [5.74, 6) is 0.693. The first-order valence-electron chi connectivity index (χ1n) is 4.87. The number of nitrogens with zero attached hydrogens (tertiary/aromatic N) is 1. The number of nitrogens with one attached hydrogen (secondary N) is 1. The molecule has 2 aromatic rings. The molecule has 1 N–H and O–H groups in total. The maximum absolute atomic E-state index is 8.93. The molecule has 0 saturated carbocycles. The van der Waals surface area contributed by atoms with Crippen LogP contribution in [0.15, 0.2) is 34.7 Å². The standard InChI is InChI=1S/C12H8Cl2N2O/c13-9-2-1-8(6-15)11(5-9)16-7-10-3-4-12(14)17-10/h1-5,16H,7H2. The SMILES string of the molecule is N#Cc1ccc(Cl)cc1NCc1ccc(Cl)o1. The Labute approximate surface area is 109 Å². The van der Waals surface area contributed by atoms with Crippen molar-refractivity contribution in [3.8, 4) is 6.07 Å². The zero-order valence-corrected chi connectivity index (χ0v) is 10.2. The van der Waals surface area contributed by atoms with Crippen molar-refractivity contribution in [2.24, 2.45) is 0 Å². The van der Waals surface area contributed by atoms with Crippen molar-refractivity contribution < 1.29 is 4.42 Å². The van der Waals surface area contributed by atoms with Crippen LogP contribution in [0.2, 0.25) is 10.2 Å². The fourth-order valence-corrected chi connectivity index (χ4v) is 1.72. The number of furan rings is 1. The van der Waals surface area contributed by atoms with Gasteiger partial charge in [0, 0.05) is 5.02 Å². The molecule has 17 heavy (non-hydrogen) atoms. The Morgan fingerprint density at radius 3 is 2.71 bits per heavy atom. The van der Waals surface area contributed by atoms with Crippen LogP contribution in [0.4, 0.5) is 5.69 Å². The molecule has 0 spiro atoms. The van der Waals surface area contributed by atoms with Crippen molar-refractivity contribution >= 4 is 28.9 Å². The van der Waals surface area contributed by atoms with Crippen molar-refractivity contribution in [1.82, 2.24) is 0 Å². The Balaban J connectivity index is 2.13. The Hall–Kier alpha value is -1.63. The number of nitriles is 1. The molecular formula is C12H8Cl2N2O. The Morgan fingerprint density at radius 1 is 1.24 bits per heavy atom. The molecule has 3 nitrogen and oxygen atoms in total. The Kier molecular flexibility index (Phi) is 3.58. The molecule has 0 saturated heterocycles. The molecular weight excluding hydrogens is 259 g/mol. The van der Waals surface area contributed by atoms with Crippen LogP contribution in [0.25, 0.3) is 0 Å². The first-order chi connectivity index (χ1) is 8.19. The van der Waals surface area contributed by atoms with Gasteiger partial charge in [-0.15, -0.1) is 0 Å². The van der Waals surface area contributed by atoms with Crippen LogP contribution in [-0.4, -0.2) is 0 Å². The van der Waals surface area contributed by atoms with Crippen LogP contribution in [-0.2, 0) is 6.54 Å². The molecule has 1 aromatic carbocycles. The van der Waals surface area contributed by atoms with Crippen LogP contribution in [0.3, 0.4) is 0 Å². The highest BCUT2D eigenvalue weighted by molar-refractivity contribution is 6.30. The summed E-state index contributed by atoms with van der Waals surface area (Å²) < 4.78 is 5.20. The second kappa shape index (κ2) is 5.13. The highest BCUT2D eigenvalue weighted by Crippen LogP contribution is 2.21. The summed E-state index contributed by atoms with van der Waals surface area (Å²) in [5, 5.41) is 12.9. The zero-order chi connectivity index (χ0) is 12.3. The van der Waals surface area contributed by atoms with Gasteiger partial charge in [0.15, 0.2) is 5.22 Å². The lowest BCUT2D eigenvalue weighted by molar-refractivity contribution is 0.520. The summed E-state index contributed by atoms with van der Waals surface area (Å²) in [4.78, 5) is 0. The van der Waals surface area contributed by atoms with Crippen molar-refractivity contribution in [3.63, 3.8) is 0 Å². The average molecular weight is 267 g/mol. The number of rotatable bonds is 3. The molecule has 0 amide bonds. The topological polar surface area (TPSA) is 49.0 Å². The molecule has 0 radical (unpaired) electrons. The minimum absolute atomic E-state index is 0.341. The van der Waals surface area contributed by atoms with E-state index in [4.69, 9.17) is 32.9 Å². The summed E-state index contributed by atoms with van der Waals surface area (Å²) in [7, 11) is 0. The summed E-state index contributed by atoms with van der Waals surface area (Å²) >= 11 is 11.5. The molecule has 0 atom stereocenters. The summed E-state index contributed by atoms with van der Waals surface area (Å²) in [6, 6.07) is 10.6. The predicted molar refractivity (Wildman–Crippen MR) is 67.2 cm³/mol. The van der Waals surface area contributed by atoms with E-state index in [0.717, 1.165) is 0 Å². The van der Waals surface area contributed by atoms with Gasteiger partial charge in [-0.1, -0.05) is 11.6 Å². The fraction of sp³-hybridized carbons (Fsp3) is 0.0833. The molecule has 1 heterocycles. The van der Waals surface area contributed by atoms with E-state index in [1.165, 1.54) is 0 Å². The largest absolute Gasteiger partial charge is 0.448 e. The molecule has 5 heteroatoms. The minimum atomic E-state index is 0.341. The van der Waals surface area contributed by atoms with Crippen LogP contribution >= 0.6 is 23.2 Å². The van der Waals surface area contributed by atoms with Gasteiger partial charge in [0.1, 0.15) is 11.8 Å². The maximum Gasteiger partial charge on any atom is 0.193 e.